The van der Waals surface area contributed by atoms with E-state index in [9.17, 15) is 9.59 Å². The molecule has 0 unspecified atom stereocenters. The van der Waals surface area contributed by atoms with Gasteiger partial charge in [-0.3, -0.25) is 9.69 Å². The minimum Gasteiger partial charge on any atom is -0.493 e. The van der Waals surface area contributed by atoms with Crippen molar-refractivity contribution in [2.24, 2.45) is 4.99 Å². The summed E-state index contributed by atoms with van der Waals surface area (Å²) in [4.78, 5) is 31.8. The molecule has 32 heavy (non-hydrogen) atoms. The van der Waals surface area contributed by atoms with E-state index >= 15 is 0 Å². The summed E-state index contributed by atoms with van der Waals surface area (Å²) in [7, 11) is 3.17. The number of esters is 1. The standard InChI is InChI=1S/C23H23IN2O5S/c1-5-26-21(27)19(12-14-10-17(24)20(30-4)18(11-14)29-3)32-23(26)25-16-9-7-8-15(13-16)22(28)31-6-2/h7-13H,5-6H2,1-4H3. The molecule has 1 saturated heterocycles. The van der Waals surface area contributed by atoms with Gasteiger partial charge in [0, 0.05) is 6.54 Å². The molecule has 0 aromatic heterocycles. The van der Waals surface area contributed by atoms with Gasteiger partial charge in [0.2, 0.25) is 0 Å². The smallest absolute Gasteiger partial charge is 0.338 e. The molecule has 9 heteroatoms. The van der Waals surface area contributed by atoms with E-state index in [2.05, 4.69) is 27.6 Å². The number of aliphatic imine (C=N–C) groups is 1. The van der Waals surface area contributed by atoms with Crippen LogP contribution in [-0.4, -0.2) is 49.3 Å². The van der Waals surface area contributed by atoms with Crippen LogP contribution in [0.25, 0.3) is 6.08 Å². The molecule has 0 bridgehead atoms. The SMILES string of the molecule is CCOC(=O)c1cccc(N=C2SC(=Cc3cc(I)c(OC)c(OC)c3)C(=O)N2CC)c1. The third kappa shape index (κ3) is 5.26. The van der Waals surface area contributed by atoms with Crippen LogP contribution in [0.3, 0.4) is 0 Å². The lowest BCUT2D eigenvalue weighted by atomic mass is 10.2. The third-order valence-corrected chi connectivity index (χ3v) is 6.35. The fourth-order valence-electron chi connectivity index (χ4n) is 3.07. The van der Waals surface area contributed by atoms with E-state index < -0.39 is 5.97 Å². The summed E-state index contributed by atoms with van der Waals surface area (Å²) in [5, 5.41) is 0.555. The van der Waals surface area contributed by atoms with Crippen molar-refractivity contribution in [1.82, 2.24) is 4.90 Å². The molecular formula is C23H23IN2O5S. The molecule has 0 radical (unpaired) electrons. The van der Waals surface area contributed by atoms with Gasteiger partial charge in [-0.1, -0.05) is 6.07 Å². The number of halogens is 1. The molecule has 0 N–H and O–H groups in total. The van der Waals surface area contributed by atoms with Gasteiger partial charge in [-0.25, -0.2) is 9.79 Å². The van der Waals surface area contributed by atoms with Crippen molar-refractivity contribution in [2.45, 2.75) is 13.8 Å². The van der Waals surface area contributed by atoms with Gasteiger partial charge in [-0.15, -0.1) is 0 Å². The van der Waals surface area contributed by atoms with Crippen molar-refractivity contribution < 1.29 is 23.8 Å². The van der Waals surface area contributed by atoms with E-state index in [1.165, 1.54) is 11.8 Å². The topological polar surface area (TPSA) is 77.4 Å². The van der Waals surface area contributed by atoms with Crippen LogP contribution in [0.4, 0.5) is 5.69 Å². The molecule has 1 aliphatic heterocycles. The lowest BCUT2D eigenvalue weighted by Crippen LogP contribution is -2.28. The Hall–Kier alpha value is -2.53. The summed E-state index contributed by atoms with van der Waals surface area (Å²) in [6.45, 7) is 4.43. The number of thioether (sulfide) groups is 1. The average molecular weight is 566 g/mol. The second-order valence-electron chi connectivity index (χ2n) is 6.56. The number of carbonyl (C=O) groups excluding carboxylic acids is 2. The Labute approximate surface area is 205 Å². The number of amidine groups is 1. The van der Waals surface area contributed by atoms with Crippen molar-refractivity contribution >= 4 is 63.2 Å². The molecule has 2 aromatic rings. The van der Waals surface area contributed by atoms with Crippen molar-refractivity contribution in [3.8, 4) is 11.5 Å². The number of carbonyl (C=O) groups is 2. The Morgan fingerprint density at radius 2 is 1.97 bits per heavy atom. The number of rotatable bonds is 7. The average Bonchev–Trinajstić information content (AvgIpc) is 3.07. The minimum absolute atomic E-state index is 0.123. The summed E-state index contributed by atoms with van der Waals surface area (Å²) < 4.78 is 16.7. The normalized spacial score (nSPS) is 16.0. The lowest BCUT2D eigenvalue weighted by molar-refractivity contribution is -0.122. The Kier molecular flexibility index (Phi) is 8.19. The van der Waals surface area contributed by atoms with E-state index in [1.54, 1.807) is 50.3 Å². The van der Waals surface area contributed by atoms with Crippen molar-refractivity contribution in [3.63, 3.8) is 0 Å². The van der Waals surface area contributed by atoms with Gasteiger partial charge in [0.05, 0.1) is 40.6 Å². The van der Waals surface area contributed by atoms with Crippen LogP contribution in [-0.2, 0) is 9.53 Å². The highest BCUT2D eigenvalue weighted by molar-refractivity contribution is 14.1. The summed E-state index contributed by atoms with van der Waals surface area (Å²) in [6, 6.07) is 10.6. The van der Waals surface area contributed by atoms with Crippen LogP contribution in [0.2, 0.25) is 0 Å². The number of likely N-dealkylation sites (N-methyl/N-ethyl adjacent to an activating group) is 1. The van der Waals surface area contributed by atoms with Gasteiger partial charge in [-0.2, -0.15) is 0 Å². The molecule has 168 valence electrons. The highest BCUT2D eigenvalue weighted by Gasteiger charge is 2.32. The minimum atomic E-state index is -0.402. The molecule has 1 aliphatic rings. The predicted molar refractivity (Wildman–Crippen MR) is 135 cm³/mol. The molecule has 3 rings (SSSR count). The van der Waals surface area contributed by atoms with Gasteiger partial charge in [0.15, 0.2) is 16.7 Å². The third-order valence-electron chi connectivity index (χ3n) is 4.54. The van der Waals surface area contributed by atoms with Crippen molar-refractivity contribution in [3.05, 3.63) is 56.0 Å². The van der Waals surface area contributed by atoms with Gasteiger partial charge in [0.25, 0.3) is 5.91 Å². The quantitative estimate of drug-likeness (QED) is 0.264. The summed E-state index contributed by atoms with van der Waals surface area (Å²) in [6.07, 6.45) is 1.82. The first-order valence-electron chi connectivity index (χ1n) is 9.90. The maximum absolute atomic E-state index is 13.0. The summed E-state index contributed by atoms with van der Waals surface area (Å²) in [5.41, 5.74) is 1.82. The van der Waals surface area contributed by atoms with E-state index in [0.29, 0.717) is 46.0 Å². The first kappa shape index (κ1) is 24.1. The summed E-state index contributed by atoms with van der Waals surface area (Å²) >= 11 is 3.47. The van der Waals surface area contributed by atoms with E-state index in [1.807, 2.05) is 25.1 Å². The Balaban J connectivity index is 1.94. The van der Waals surface area contributed by atoms with Crippen LogP contribution < -0.4 is 9.47 Å². The molecule has 0 saturated carbocycles. The number of benzene rings is 2. The van der Waals surface area contributed by atoms with Crippen LogP contribution in [0, 0.1) is 3.57 Å². The van der Waals surface area contributed by atoms with E-state index in [-0.39, 0.29) is 5.91 Å². The van der Waals surface area contributed by atoms with Gasteiger partial charge in [0.1, 0.15) is 0 Å². The molecule has 0 atom stereocenters. The zero-order chi connectivity index (χ0) is 23.3. The van der Waals surface area contributed by atoms with Gasteiger partial charge < -0.3 is 14.2 Å². The second kappa shape index (κ2) is 10.9. The lowest BCUT2D eigenvalue weighted by Gasteiger charge is -2.12. The maximum atomic E-state index is 13.0. The Morgan fingerprint density at radius 1 is 1.19 bits per heavy atom. The molecule has 0 spiro atoms. The van der Waals surface area contributed by atoms with Crippen LogP contribution in [0.5, 0.6) is 11.5 Å². The monoisotopic (exact) mass is 566 g/mol. The zero-order valence-electron chi connectivity index (χ0n) is 18.2. The maximum Gasteiger partial charge on any atom is 0.338 e. The number of hydrogen-bond acceptors (Lipinski definition) is 7. The second-order valence-corrected chi connectivity index (χ2v) is 8.73. The molecular weight excluding hydrogens is 543 g/mol. The van der Waals surface area contributed by atoms with Gasteiger partial charge >= 0.3 is 5.97 Å². The first-order valence-corrected chi connectivity index (χ1v) is 11.8. The molecule has 0 aliphatic carbocycles. The molecule has 1 amide bonds. The van der Waals surface area contributed by atoms with Crippen LogP contribution in [0.1, 0.15) is 29.8 Å². The Bertz CT molecular complexity index is 1100. The largest absolute Gasteiger partial charge is 0.493 e. The molecule has 1 fully saturated rings. The highest BCUT2D eigenvalue weighted by Crippen LogP contribution is 2.37. The number of nitrogens with zero attached hydrogens (tertiary/aromatic N) is 2. The number of ether oxygens (including phenoxy) is 3. The van der Waals surface area contributed by atoms with E-state index in [4.69, 9.17) is 14.2 Å². The fourth-order valence-corrected chi connectivity index (χ4v) is 4.98. The fraction of sp³-hybridized carbons (Fsp3) is 0.261. The van der Waals surface area contributed by atoms with Crippen molar-refractivity contribution in [1.29, 1.82) is 0 Å². The molecule has 7 nitrogen and oxygen atoms in total. The van der Waals surface area contributed by atoms with E-state index in [0.717, 1.165) is 9.13 Å². The number of hydrogen-bond donors (Lipinski definition) is 0. The molecule has 2 aromatic carbocycles. The first-order chi connectivity index (χ1) is 15.4. The predicted octanol–water partition coefficient (Wildman–Crippen LogP) is 5.11. The van der Waals surface area contributed by atoms with Crippen LogP contribution >= 0.6 is 34.4 Å². The Morgan fingerprint density at radius 3 is 2.62 bits per heavy atom. The van der Waals surface area contributed by atoms with Crippen molar-refractivity contribution in [2.75, 3.05) is 27.4 Å². The van der Waals surface area contributed by atoms with Gasteiger partial charge in [-0.05, 0) is 90.2 Å². The van der Waals surface area contributed by atoms with Crippen LogP contribution in [0.15, 0.2) is 46.3 Å². The zero-order valence-corrected chi connectivity index (χ0v) is 21.2. The highest BCUT2D eigenvalue weighted by atomic mass is 127. The number of amides is 1. The summed E-state index contributed by atoms with van der Waals surface area (Å²) in [5.74, 6) is 0.724. The molecule has 1 heterocycles. The number of methoxy groups -OCH3 is 2.